The summed E-state index contributed by atoms with van der Waals surface area (Å²) in [6.45, 7) is 6.85. The molecule has 5 nitrogen and oxygen atoms in total. The average Bonchev–Trinajstić information content (AvgIpc) is 2.36. The van der Waals surface area contributed by atoms with Gasteiger partial charge in [-0.2, -0.15) is 0 Å². The van der Waals surface area contributed by atoms with Gasteiger partial charge < -0.3 is 19.5 Å². The summed E-state index contributed by atoms with van der Waals surface area (Å²) in [4.78, 5) is 14.3. The lowest BCUT2D eigenvalue weighted by molar-refractivity contribution is -0.118. The first-order valence-corrected chi connectivity index (χ1v) is 6.66. The van der Waals surface area contributed by atoms with Crippen LogP contribution in [-0.4, -0.2) is 47.8 Å². The Morgan fingerprint density at radius 1 is 1.50 bits per heavy atom. The van der Waals surface area contributed by atoms with Crippen LogP contribution in [0.1, 0.15) is 31.1 Å². The van der Waals surface area contributed by atoms with E-state index in [1.807, 2.05) is 20.8 Å². The van der Waals surface area contributed by atoms with Gasteiger partial charge in [-0.3, -0.25) is 4.79 Å². The van der Waals surface area contributed by atoms with E-state index < -0.39 is 0 Å². The summed E-state index contributed by atoms with van der Waals surface area (Å²) in [5.41, 5.74) is -0.129. The fourth-order valence-corrected chi connectivity index (χ4v) is 2.59. The number of morpholine rings is 1. The molecule has 1 aromatic carbocycles. The minimum Gasteiger partial charge on any atom is -0.507 e. The SMILES string of the molecule is COc1ccc(O)c(C(=O)N2CC(C)OC(C)(C)C2)c1. The van der Waals surface area contributed by atoms with Crippen molar-refractivity contribution in [2.75, 3.05) is 20.2 Å². The Hall–Kier alpha value is -1.75. The second-order valence-corrected chi connectivity index (χ2v) is 5.76. The van der Waals surface area contributed by atoms with Crippen molar-refractivity contribution >= 4 is 5.91 Å². The Kier molecular flexibility index (Phi) is 3.90. The fraction of sp³-hybridized carbons (Fsp3) is 0.533. The summed E-state index contributed by atoms with van der Waals surface area (Å²) in [5, 5.41) is 9.89. The molecule has 1 saturated heterocycles. The molecule has 0 saturated carbocycles. The van der Waals surface area contributed by atoms with Crippen molar-refractivity contribution in [3.8, 4) is 11.5 Å². The largest absolute Gasteiger partial charge is 0.507 e. The number of rotatable bonds is 2. The first kappa shape index (κ1) is 14.7. The number of ether oxygens (including phenoxy) is 2. The van der Waals surface area contributed by atoms with Crippen LogP contribution in [0.3, 0.4) is 0 Å². The van der Waals surface area contributed by atoms with Crippen molar-refractivity contribution < 1.29 is 19.4 Å². The Balaban J connectivity index is 2.27. The number of hydrogen-bond donors (Lipinski definition) is 1. The van der Waals surface area contributed by atoms with E-state index in [9.17, 15) is 9.90 Å². The number of hydrogen-bond acceptors (Lipinski definition) is 4. The van der Waals surface area contributed by atoms with Gasteiger partial charge in [0.15, 0.2) is 0 Å². The topological polar surface area (TPSA) is 59.0 Å². The lowest BCUT2D eigenvalue weighted by Crippen LogP contribution is -2.53. The highest BCUT2D eigenvalue weighted by Gasteiger charge is 2.34. The van der Waals surface area contributed by atoms with Gasteiger partial charge in [-0.05, 0) is 39.0 Å². The number of phenols is 1. The predicted octanol–water partition coefficient (Wildman–Crippen LogP) is 2.04. The lowest BCUT2D eigenvalue weighted by Gasteiger charge is -2.41. The number of carbonyl (C=O) groups is 1. The molecule has 110 valence electrons. The summed E-state index contributed by atoms with van der Waals surface area (Å²) < 4.78 is 10.9. The van der Waals surface area contributed by atoms with Crippen LogP contribution in [0.25, 0.3) is 0 Å². The van der Waals surface area contributed by atoms with Crippen LogP contribution < -0.4 is 4.74 Å². The summed E-state index contributed by atoms with van der Waals surface area (Å²) >= 11 is 0. The average molecular weight is 279 g/mol. The zero-order valence-electron chi connectivity index (χ0n) is 12.3. The summed E-state index contributed by atoms with van der Waals surface area (Å²) in [6.07, 6.45) is -0.0320. The van der Waals surface area contributed by atoms with Crippen molar-refractivity contribution in [3.05, 3.63) is 23.8 Å². The van der Waals surface area contributed by atoms with Crippen molar-refractivity contribution in [1.29, 1.82) is 0 Å². The second-order valence-electron chi connectivity index (χ2n) is 5.76. The van der Waals surface area contributed by atoms with E-state index in [2.05, 4.69) is 0 Å². The van der Waals surface area contributed by atoms with Crippen LogP contribution in [0.4, 0.5) is 0 Å². The van der Waals surface area contributed by atoms with Crippen LogP contribution >= 0.6 is 0 Å². The number of phenolic OH excluding ortho intramolecular Hbond substituents is 1. The van der Waals surface area contributed by atoms with Crippen molar-refractivity contribution in [1.82, 2.24) is 4.90 Å². The van der Waals surface area contributed by atoms with E-state index in [0.717, 1.165) is 0 Å². The van der Waals surface area contributed by atoms with Crippen LogP contribution in [0, 0.1) is 0 Å². The normalized spacial score (nSPS) is 21.6. The number of benzene rings is 1. The van der Waals surface area contributed by atoms with Gasteiger partial charge in [0.1, 0.15) is 11.5 Å². The fourth-order valence-electron chi connectivity index (χ4n) is 2.59. The number of carbonyl (C=O) groups excluding carboxylic acids is 1. The Morgan fingerprint density at radius 2 is 2.20 bits per heavy atom. The van der Waals surface area contributed by atoms with Crippen LogP contribution in [-0.2, 0) is 4.74 Å². The third-order valence-corrected chi connectivity index (χ3v) is 3.29. The maximum Gasteiger partial charge on any atom is 0.257 e. The smallest absolute Gasteiger partial charge is 0.257 e. The summed E-state index contributed by atoms with van der Waals surface area (Å²) in [5.74, 6) is 0.309. The highest BCUT2D eigenvalue weighted by Crippen LogP contribution is 2.27. The molecule has 1 aliphatic heterocycles. The molecule has 1 aromatic rings. The van der Waals surface area contributed by atoms with E-state index in [1.165, 1.54) is 13.2 Å². The minimum atomic E-state index is -0.387. The quantitative estimate of drug-likeness (QED) is 0.900. The third-order valence-electron chi connectivity index (χ3n) is 3.29. The van der Waals surface area contributed by atoms with Crippen molar-refractivity contribution in [2.24, 2.45) is 0 Å². The van der Waals surface area contributed by atoms with Gasteiger partial charge in [0.05, 0.1) is 24.4 Å². The van der Waals surface area contributed by atoms with E-state index in [0.29, 0.717) is 18.8 Å². The van der Waals surface area contributed by atoms with Gasteiger partial charge >= 0.3 is 0 Å². The molecule has 1 unspecified atom stereocenters. The molecule has 1 amide bonds. The van der Waals surface area contributed by atoms with Gasteiger partial charge in [-0.1, -0.05) is 0 Å². The molecule has 5 heteroatoms. The molecule has 20 heavy (non-hydrogen) atoms. The highest BCUT2D eigenvalue weighted by atomic mass is 16.5. The Labute approximate surface area is 119 Å². The Morgan fingerprint density at radius 3 is 2.80 bits per heavy atom. The molecule has 0 spiro atoms. The van der Waals surface area contributed by atoms with Gasteiger partial charge in [-0.15, -0.1) is 0 Å². The number of nitrogens with zero attached hydrogens (tertiary/aromatic N) is 1. The molecular formula is C15H21NO4. The molecule has 1 aliphatic rings. The number of methoxy groups -OCH3 is 1. The minimum absolute atomic E-state index is 0.0320. The molecule has 2 rings (SSSR count). The van der Waals surface area contributed by atoms with E-state index in [-0.39, 0.29) is 28.9 Å². The zero-order valence-corrected chi connectivity index (χ0v) is 12.3. The van der Waals surface area contributed by atoms with Gasteiger partial charge in [-0.25, -0.2) is 0 Å². The van der Waals surface area contributed by atoms with E-state index in [1.54, 1.807) is 17.0 Å². The molecule has 1 N–H and O–H groups in total. The first-order chi connectivity index (χ1) is 9.32. The molecule has 0 bridgehead atoms. The highest BCUT2D eigenvalue weighted by molar-refractivity contribution is 5.97. The zero-order chi connectivity index (χ0) is 14.9. The maximum absolute atomic E-state index is 12.6. The monoisotopic (exact) mass is 279 g/mol. The standard InChI is InChI=1S/C15H21NO4/c1-10-8-16(9-15(2,3)20-10)14(18)12-7-11(19-4)5-6-13(12)17/h5-7,10,17H,8-9H2,1-4H3. The molecule has 0 aromatic heterocycles. The molecule has 1 fully saturated rings. The Bertz CT molecular complexity index is 513. The summed E-state index contributed by atoms with van der Waals surface area (Å²) in [7, 11) is 1.53. The second kappa shape index (κ2) is 5.32. The van der Waals surface area contributed by atoms with E-state index >= 15 is 0 Å². The molecule has 0 radical (unpaired) electrons. The first-order valence-electron chi connectivity index (χ1n) is 6.66. The lowest BCUT2D eigenvalue weighted by atomic mass is 10.0. The number of amides is 1. The van der Waals surface area contributed by atoms with Crippen molar-refractivity contribution in [2.45, 2.75) is 32.5 Å². The molecule has 1 atom stereocenters. The number of aromatic hydroxyl groups is 1. The predicted molar refractivity (Wildman–Crippen MR) is 75.2 cm³/mol. The van der Waals surface area contributed by atoms with Gasteiger partial charge in [0.25, 0.3) is 5.91 Å². The van der Waals surface area contributed by atoms with Gasteiger partial charge in [0.2, 0.25) is 0 Å². The maximum atomic E-state index is 12.6. The summed E-state index contributed by atoms with van der Waals surface area (Å²) in [6, 6.07) is 4.66. The van der Waals surface area contributed by atoms with Crippen LogP contribution in [0.2, 0.25) is 0 Å². The molecular weight excluding hydrogens is 258 g/mol. The van der Waals surface area contributed by atoms with Crippen LogP contribution in [0.5, 0.6) is 11.5 Å². The van der Waals surface area contributed by atoms with Crippen molar-refractivity contribution in [3.63, 3.8) is 0 Å². The molecule has 0 aliphatic carbocycles. The third kappa shape index (κ3) is 3.04. The van der Waals surface area contributed by atoms with Gasteiger partial charge in [0, 0.05) is 13.1 Å². The van der Waals surface area contributed by atoms with E-state index in [4.69, 9.17) is 9.47 Å². The molecule has 1 heterocycles. The van der Waals surface area contributed by atoms with Crippen LogP contribution in [0.15, 0.2) is 18.2 Å².